The second kappa shape index (κ2) is 5.86. The summed E-state index contributed by atoms with van der Waals surface area (Å²) < 4.78 is 17.7. The van der Waals surface area contributed by atoms with Gasteiger partial charge in [-0.1, -0.05) is 0 Å². The van der Waals surface area contributed by atoms with E-state index in [4.69, 9.17) is 4.74 Å². The van der Waals surface area contributed by atoms with Crippen LogP contribution in [0.3, 0.4) is 0 Å². The normalized spacial score (nSPS) is 10.6. The second-order valence-electron chi connectivity index (χ2n) is 3.81. The smallest absolute Gasteiger partial charge is 0.161 e. The quantitative estimate of drug-likeness (QED) is 0.656. The number of nitrogens with one attached hydrogen (secondary N) is 1. The molecule has 0 amide bonds. The van der Waals surface area contributed by atoms with Crippen LogP contribution in [-0.4, -0.2) is 18.4 Å². The molecule has 0 aromatic heterocycles. The van der Waals surface area contributed by atoms with E-state index in [1.54, 1.807) is 30.5 Å². The highest BCUT2D eigenvalue weighted by molar-refractivity contribution is 5.81. The summed E-state index contributed by atoms with van der Waals surface area (Å²) >= 11 is 0. The number of phenolic OH excluding ortho intramolecular Hbond substituents is 1. The molecule has 98 valence electrons. The Morgan fingerprint density at radius 1 is 1.21 bits per heavy atom. The van der Waals surface area contributed by atoms with Crippen molar-refractivity contribution in [2.45, 2.75) is 0 Å². The van der Waals surface area contributed by atoms with E-state index in [1.807, 2.05) is 0 Å². The monoisotopic (exact) mass is 260 g/mol. The zero-order valence-corrected chi connectivity index (χ0v) is 10.3. The molecule has 2 aromatic rings. The first-order valence-electron chi connectivity index (χ1n) is 5.60. The summed E-state index contributed by atoms with van der Waals surface area (Å²) in [5, 5.41) is 13.5. The number of methoxy groups -OCH3 is 1. The van der Waals surface area contributed by atoms with Gasteiger partial charge in [0.25, 0.3) is 0 Å². The number of nitrogens with zero attached hydrogens (tertiary/aromatic N) is 1. The Hall–Kier alpha value is -2.56. The minimum atomic E-state index is -0.294. The van der Waals surface area contributed by atoms with Gasteiger partial charge in [-0.05, 0) is 48.0 Å². The molecule has 0 bridgehead atoms. The molecular weight excluding hydrogens is 247 g/mol. The first kappa shape index (κ1) is 12.9. The lowest BCUT2D eigenvalue weighted by atomic mass is 10.2. The number of hydrogen-bond acceptors (Lipinski definition) is 4. The number of phenols is 1. The fourth-order valence-corrected chi connectivity index (χ4v) is 1.48. The maximum Gasteiger partial charge on any atom is 0.161 e. The van der Waals surface area contributed by atoms with Gasteiger partial charge in [0.05, 0.1) is 19.0 Å². The highest BCUT2D eigenvalue weighted by Gasteiger charge is 2.00. The number of benzene rings is 2. The number of hydrogen-bond donors (Lipinski definition) is 2. The third kappa shape index (κ3) is 3.45. The van der Waals surface area contributed by atoms with Crippen molar-refractivity contribution in [2.75, 3.05) is 12.5 Å². The number of rotatable bonds is 4. The fourth-order valence-electron chi connectivity index (χ4n) is 1.48. The predicted octanol–water partition coefficient (Wildman–Crippen LogP) is 2.99. The molecule has 2 N–H and O–H groups in total. The lowest BCUT2D eigenvalue weighted by Crippen LogP contribution is -1.91. The summed E-state index contributed by atoms with van der Waals surface area (Å²) in [5.41, 5.74) is 4.22. The van der Waals surface area contributed by atoms with Gasteiger partial charge in [-0.25, -0.2) is 4.39 Å². The third-order valence-electron chi connectivity index (χ3n) is 2.46. The standard InChI is InChI=1S/C14H13FN2O2/c1-19-14-8-10(2-7-13(14)18)9-16-17-12-5-3-11(15)4-6-12/h2-9,17-18H,1H3/b16-9+. The van der Waals surface area contributed by atoms with E-state index in [9.17, 15) is 9.50 Å². The van der Waals surface area contributed by atoms with Gasteiger partial charge >= 0.3 is 0 Å². The average molecular weight is 260 g/mol. The van der Waals surface area contributed by atoms with Gasteiger partial charge in [0.15, 0.2) is 11.5 Å². The van der Waals surface area contributed by atoms with Crippen LogP contribution >= 0.6 is 0 Å². The minimum absolute atomic E-state index is 0.0751. The first-order valence-corrected chi connectivity index (χ1v) is 5.60. The van der Waals surface area contributed by atoms with Gasteiger partial charge in [-0.2, -0.15) is 5.10 Å². The molecule has 0 heterocycles. The second-order valence-corrected chi connectivity index (χ2v) is 3.81. The Morgan fingerprint density at radius 3 is 2.63 bits per heavy atom. The molecule has 0 saturated carbocycles. The average Bonchev–Trinajstić information content (AvgIpc) is 2.43. The first-order chi connectivity index (χ1) is 9.19. The van der Waals surface area contributed by atoms with Crippen LogP contribution in [0.5, 0.6) is 11.5 Å². The summed E-state index contributed by atoms with van der Waals surface area (Å²) in [7, 11) is 1.48. The Bertz CT molecular complexity index is 582. The van der Waals surface area contributed by atoms with Crippen LogP contribution in [0.25, 0.3) is 0 Å². The van der Waals surface area contributed by atoms with Crippen molar-refractivity contribution in [3.8, 4) is 11.5 Å². The van der Waals surface area contributed by atoms with Crippen molar-refractivity contribution >= 4 is 11.9 Å². The summed E-state index contributed by atoms with van der Waals surface area (Å²) in [6.45, 7) is 0. The molecule has 2 aromatic carbocycles. The zero-order chi connectivity index (χ0) is 13.7. The number of hydrazone groups is 1. The predicted molar refractivity (Wildman–Crippen MR) is 72.3 cm³/mol. The molecule has 19 heavy (non-hydrogen) atoms. The van der Waals surface area contributed by atoms with Gasteiger partial charge in [0.1, 0.15) is 5.82 Å². The number of anilines is 1. The molecule has 0 aliphatic rings. The highest BCUT2D eigenvalue weighted by Crippen LogP contribution is 2.25. The maximum atomic E-state index is 12.7. The van der Waals surface area contributed by atoms with Gasteiger partial charge in [0.2, 0.25) is 0 Å². The molecule has 0 saturated heterocycles. The van der Waals surface area contributed by atoms with E-state index >= 15 is 0 Å². The molecule has 0 aliphatic carbocycles. The number of aromatic hydroxyl groups is 1. The Balaban J connectivity index is 2.04. The largest absolute Gasteiger partial charge is 0.504 e. The van der Waals surface area contributed by atoms with E-state index in [0.717, 1.165) is 5.56 Å². The molecule has 0 aliphatic heterocycles. The molecule has 0 atom stereocenters. The van der Waals surface area contributed by atoms with Gasteiger partial charge in [-0.15, -0.1) is 0 Å². The van der Waals surface area contributed by atoms with Crippen LogP contribution in [0.2, 0.25) is 0 Å². The summed E-state index contributed by atoms with van der Waals surface area (Å²) in [4.78, 5) is 0. The number of halogens is 1. The lowest BCUT2D eigenvalue weighted by molar-refractivity contribution is 0.373. The van der Waals surface area contributed by atoms with E-state index in [0.29, 0.717) is 11.4 Å². The SMILES string of the molecule is COc1cc(/C=N/Nc2ccc(F)cc2)ccc1O. The van der Waals surface area contributed by atoms with Crippen molar-refractivity contribution in [2.24, 2.45) is 5.10 Å². The van der Waals surface area contributed by atoms with E-state index < -0.39 is 0 Å². The van der Waals surface area contributed by atoms with Gasteiger partial charge in [-0.3, -0.25) is 5.43 Å². The minimum Gasteiger partial charge on any atom is -0.504 e. The van der Waals surface area contributed by atoms with Crippen molar-refractivity contribution in [1.29, 1.82) is 0 Å². The topological polar surface area (TPSA) is 53.8 Å². The Morgan fingerprint density at radius 2 is 1.95 bits per heavy atom. The van der Waals surface area contributed by atoms with Crippen LogP contribution in [0.4, 0.5) is 10.1 Å². The highest BCUT2D eigenvalue weighted by atomic mass is 19.1. The lowest BCUT2D eigenvalue weighted by Gasteiger charge is -2.03. The fraction of sp³-hybridized carbons (Fsp3) is 0.0714. The molecule has 2 rings (SSSR count). The van der Waals surface area contributed by atoms with Crippen molar-refractivity contribution < 1.29 is 14.2 Å². The molecule has 0 spiro atoms. The molecular formula is C14H13FN2O2. The van der Waals surface area contributed by atoms with Crippen LogP contribution in [0.1, 0.15) is 5.56 Å². The third-order valence-corrected chi connectivity index (χ3v) is 2.46. The Labute approximate surface area is 110 Å². The van der Waals surface area contributed by atoms with Crippen LogP contribution in [-0.2, 0) is 0 Å². The summed E-state index contributed by atoms with van der Waals surface area (Å²) in [6, 6.07) is 10.8. The number of ether oxygens (including phenoxy) is 1. The van der Waals surface area contributed by atoms with Gasteiger partial charge in [0, 0.05) is 0 Å². The maximum absolute atomic E-state index is 12.7. The van der Waals surface area contributed by atoms with Gasteiger partial charge < -0.3 is 9.84 Å². The summed E-state index contributed by atoms with van der Waals surface area (Å²) in [5.74, 6) is 0.162. The van der Waals surface area contributed by atoms with Crippen LogP contribution < -0.4 is 10.2 Å². The van der Waals surface area contributed by atoms with E-state index in [1.165, 1.54) is 25.3 Å². The van der Waals surface area contributed by atoms with Crippen molar-refractivity contribution in [3.05, 3.63) is 53.8 Å². The van der Waals surface area contributed by atoms with Crippen molar-refractivity contribution in [3.63, 3.8) is 0 Å². The van der Waals surface area contributed by atoms with Crippen molar-refractivity contribution in [1.82, 2.24) is 0 Å². The van der Waals surface area contributed by atoms with E-state index in [-0.39, 0.29) is 11.6 Å². The van der Waals surface area contributed by atoms with Crippen LogP contribution in [0.15, 0.2) is 47.6 Å². The molecule has 0 unspecified atom stereocenters. The summed E-state index contributed by atoms with van der Waals surface area (Å²) in [6.07, 6.45) is 1.57. The Kier molecular flexibility index (Phi) is 3.97. The molecule has 0 fully saturated rings. The van der Waals surface area contributed by atoms with E-state index in [2.05, 4.69) is 10.5 Å². The zero-order valence-electron chi connectivity index (χ0n) is 10.3. The van der Waals surface area contributed by atoms with Crippen LogP contribution in [0, 0.1) is 5.82 Å². The molecule has 5 heteroatoms. The molecule has 0 radical (unpaired) electrons. The molecule has 4 nitrogen and oxygen atoms in total.